The summed E-state index contributed by atoms with van der Waals surface area (Å²) in [6, 6.07) is 14.7. The summed E-state index contributed by atoms with van der Waals surface area (Å²) in [6.45, 7) is 2.11. The van der Waals surface area contributed by atoms with E-state index in [-0.39, 0.29) is 0 Å². The zero-order valence-corrected chi connectivity index (χ0v) is 11.6. The van der Waals surface area contributed by atoms with E-state index in [0.29, 0.717) is 5.88 Å². The fourth-order valence-corrected chi connectivity index (χ4v) is 2.66. The van der Waals surface area contributed by atoms with Gasteiger partial charge < -0.3 is 0 Å². The van der Waals surface area contributed by atoms with Gasteiger partial charge in [-0.05, 0) is 11.5 Å². The van der Waals surface area contributed by atoms with Gasteiger partial charge in [0.05, 0.1) is 23.5 Å². The third kappa shape index (κ3) is 2.02. The molecule has 2 aromatic carbocycles. The SMILES string of the molecule is CCc1ncc(CCl)n1-c1cccc2ccccc12. The molecule has 19 heavy (non-hydrogen) atoms. The van der Waals surface area contributed by atoms with Crippen LogP contribution in [0.25, 0.3) is 16.5 Å². The minimum atomic E-state index is 0.468. The minimum absolute atomic E-state index is 0.468. The first kappa shape index (κ1) is 12.2. The Labute approximate surface area is 117 Å². The summed E-state index contributed by atoms with van der Waals surface area (Å²) >= 11 is 6.04. The lowest BCUT2D eigenvalue weighted by Crippen LogP contribution is -2.04. The predicted octanol–water partition coefficient (Wildman–Crippen LogP) is 4.33. The van der Waals surface area contributed by atoms with Gasteiger partial charge in [0.25, 0.3) is 0 Å². The molecule has 0 aliphatic heterocycles. The number of nitrogens with zero attached hydrogens (tertiary/aromatic N) is 2. The van der Waals surface area contributed by atoms with Gasteiger partial charge in [-0.1, -0.05) is 43.3 Å². The Balaban J connectivity index is 2.33. The van der Waals surface area contributed by atoms with Crippen LogP contribution in [0.1, 0.15) is 18.4 Å². The molecule has 1 heterocycles. The van der Waals surface area contributed by atoms with Crippen molar-refractivity contribution in [2.24, 2.45) is 0 Å². The lowest BCUT2D eigenvalue weighted by atomic mass is 10.1. The Hall–Kier alpha value is -1.80. The fraction of sp³-hybridized carbons (Fsp3) is 0.188. The van der Waals surface area contributed by atoms with Crippen LogP contribution in [0.4, 0.5) is 0 Å². The molecule has 0 amide bonds. The molecule has 96 valence electrons. The Morgan fingerprint density at radius 1 is 1.11 bits per heavy atom. The zero-order valence-electron chi connectivity index (χ0n) is 10.8. The van der Waals surface area contributed by atoms with Crippen molar-refractivity contribution in [2.45, 2.75) is 19.2 Å². The van der Waals surface area contributed by atoms with Gasteiger partial charge in [0.1, 0.15) is 5.82 Å². The summed E-state index contributed by atoms with van der Waals surface area (Å²) in [4.78, 5) is 4.47. The number of aryl methyl sites for hydroxylation is 1. The summed E-state index contributed by atoms with van der Waals surface area (Å²) in [6.07, 6.45) is 2.76. The van der Waals surface area contributed by atoms with E-state index in [9.17, 15) is 0 Å². The van der Waals surface area contributed by atoms with Crippen molar-refractivity contribution in [1.82, 2.24) is 9.55 Å². The van der Waals surface area contributed by atoms with Crippen molar-refractivity contribution >= 4 is 22.4 Å². The van der Waals surface area contributed by atoms with Crippen molar-refractivity contribution in [3.8, 4) is 5.69 Å². The van der Waals surface area contributed by atoms with Gasteiger partial charge in [0, 0.05) is 11.8 Å². The average molecular weight is 271 g/mol. The van der Waals surface area contributed by atoms with Crippen molar-refractivity contribution in [2.75, 3.05) is 0 Å². The monoisotopic (exact) mass is 270 g/mol. The van der Waals surface area contributed by atoms with Crippen LogP contribution in [0.3, 0.4) is 0 Å². The van der Waals surface area contributed by atoms with E-state index < -0.39 is 0 Å². The third-order valence-corrected chi connectivity index (χ3v) is 3.64. The molecular weight excluding hydrogens is 256 g/mol. The van der Waals surface area contributed by atoms with Crippen LogP contribution in [-0.4, -0.2) is 9.55 Å². The molecule has 2 nitrogen and oxygen atoms in total. The summed E-state index contributed by atoms with van der Waals surface area (Å²) < 4.78 is 2.18. The van der Waals surface area contributed by atoms with Gasteiger partial charge in [0.2, 0.25) is 0 Å². The number of imidazole rings is 1. The number of aromatic nitrogens is 2. The maximum absolute atomic E-state index is 6.04. The predicted molar refractivity (Wildman–Crippen MR) is 80.0 cm³/mol. The maximum Gasteiger partial charge on any atom is 0.113 e. The van der Waals surface area contributed by atoms with Crippen molar-refractivity contribution < 1.29 is 0 Å². The highest BCUT2D eigenvalue weighted by Crippen LogP contribution is 2.25. The number of alkyl halides is 1. The number of hydrogen-bond acceptors (Lipinski definition) is 1. The maximum atomic E-state index is 6.04. The second-order valence-corrected chi connectivity index (χ2v) is 4.75. The second kappa shape index (κ2) is 5.06. The van der Waals surface area contributed by atoms with Crippen LogP contribution < -0.4 is 0 Å². The summed E-state index contributed by atoms with van der Waals surface area (Å²) in [5, 5.41) is 2.46. The largest absolute Gasteiger partial charge is 0.299 e. The van der Waals surface area contributed by atoms with Crippen LogP contribution in [0.5, 0.6) is 0 Å². The molecule has 3 heteroatoms. The van der Waals surface area contributed by atoms with E-state index in [1.54, 1.807) is 0 Å². The van der Waals surface area contributed by atoms with E-state index >= 15 is 0 Å². The molecule has 0 atom stereocenters. The zero-order chi connectivity index (χ0) is 13.2. The van der Waals surface area contributed by atoms with Crippen LogP contribution in [0.2, 0.25) is 0 Å². The highest BCUT2D eigenvalue weighted by Gasteiger charge is 2.11. The molecule has 0 bridgehead atoms. The van der Waals surface area contributed by atoms with Crippen molar-refractivity contribution in [3.05, 3.63) is 60.2 Å². The number of benzene rings is 2. The molecule has 0 aliphatic carbocycles. The first-order chi connectivity index (χ1) is 9.35. The Morgan fingerprint density at radius 2 is 1.89 bits per heavy atom. The van der Waals surface area contributed by atoms with Gasteiger partial charge in [0.15, 0.2) is 0 Å². The number of halogens is 1. The molecule has 3 rings (SSSR count). The molecule has 0 spiro atoms. The van der Waals surface area contributed by atoms with Crippen LogP contribution >= 0.6 is 11.6 Å². The second-order valence-electron chi connectivity index (χ2n) is 4.49. The van der Waals surface area contributed by atoms with Crippen LogP contribution in [0, 0.1) is 0 Å². The smallest absolute Gasteiger partial charge is 0.113 e. The Morgan fingerprint density at radius 3 is 2.68 bits per heavy atom. The molecule has 0 N–H and O–H groups in total. The number of rotatable bonds is 3. The molecule has 1 aromatic heterocycles. The first-order valence-corrected chi connectivity index (χ1v) is 6.98. The molecule has 0 radical (unpaired) electrons. The lowest BCUT2D eigenvalue weighted by Gasteiger charge is -2.13. The molecule has 3 aromatic rings. The molecule has 0 saturated heterocycles. The van der Waals surface area contributed by atoms with E-state index in [1.165, 1.54) is 10.8 Å². The standard InChI is InChI=1S/C16H15ClN2/c1-2-16-18-11-13(10-17)19(16)15-9-5-7-12-6-3-4-8-14(12)15/h3-9,11H,2,10H2,1H3. The van der Waals surface area contributed by atoms with E-state index in [4.69, 9.17) is 11.6 Å². The van der Waals surface area contributed by atoms with Gasteiger partial charge in [-0.2, -0.15) is 0 Å². The molecule has 0 fully saturated rings. The average Bonchev–Trinajstić information content (AvgIpc) is 2.89. The van der Waals surface area contributed by atoms with Gasteiger partial charge in [-0.3, -0.25) is 4.57 Å². The molecule has 0 unspecified atom stereocenters. The summed E-state index contributed by atoms with van der Waals surface area (Å²) in [5.74, 6) is 1.52. The highest BCUT2D eigenvalue weighted by atomic mass is 35.5. The molecule has 0 aliphatic rings. The van der Waals surface area contributed by atoms with Crippen molar-refractivity contribution in [3.63, 3.8) is 0 Å². The fourth-order valence-electron chi connectivity index (χ4n) is 2.47. The number of hydrogen-bond donors (Lipinski definition) is 0. The van der Waals surface area contributed by atoms with E-state index in [0.717, 1.165) is 23.6 Å². The summed E-state index contributed by atoms with van der Waals surface area (Å²) in [5.41, 5.74) is 2.19. The third-order valence-electron chi connectivity index (χ3n) is 3.37. The van der Waals surface area contributed by atoms with E-state index in [2.05, 4.69) is 58.9 Å². The van der Waals surface area contributed by atoms with Crippen LogP contribution in [-0.2, 0) is 12.3 Å². The molecule has 0 saturated carbocycles. The van der Waals surface area contributed by atoms with Crippen molar-refractivity contribution in [1.29, 1.82) is 0 Å². The highest BCUT2D eigenvalue weighted by molar-refractivity contribution is 6.17. The Bertz CT molecular complexity index is 689. The van der Waals surface area contributed by atoms with Gasteiger partial charge >= 0.3 is 0 Å². The normalized spacial score (nSPS) is 11.1. The quantitative estimate of drug-likeness (QED) is 0.648. The lowest BCUT2D eigenvalue weighted by molar-refractivity contribution is 0.872. The summed E-state index contributed by atoms with van der Waals surface area (Å²) in [7, 11) is 0. The Kier molecular flexibility index (Phi) is 3.26. The molecular formula is C16H15ClN2. The van der Waals surface area contributed by atoms with Gasteiger partial charge in [-0.25, -0.2) is 4.98 Å². The van der Waals surface area contributed by atoms with Gasteiger partial charge in [-0.15, -0.1) is 11.6 Å². The minimum Gasteiger partial charge on any atom is -0.299 e. The topological polar surface area (TPSA) is 17.8 Å². The van der Waals surface area contributed by atoms with E-state index in [1.807, 2.05) is 6.20 Å². The van der Waals surface area contributed by atoms with Crippen LogP contribution in [0.15, 0.2) is 48.7 Å². The number of fused-ring (bicyclic) bond motifs is 1. The first-order valence-electron chi connectivity index (χ1n) is 6.44.